The van der Waals surface area contributed by atoms with Gasteiger partial charge in [0.15, 0.2) is 0 Å². The topological polar surface area (TPSA) is 38.5 Å². The van der Waals surface area contributed by atoms with Gasteiger partial charge in [0.2, 0.25) is 0 Å². The number of hydrogen-bond acceptors (Lipinski definition) is 3. The fourth-order valence-electron chi connectivity index (χ4n) is 2.06. The van der Waals surface area contributed by atoms with Crippen molar-refractivity contribution in [3.63, 3.8) is 0 Å². The lowest BCUT2D eigenvalue weighted by molar-refractivity contribution is 0.0384. The Morgan fingerprint density at radius 1 is 1.41 bits per heavy atom. The molecule has 1 fully saturated rings. The van der Waals surface area contributed by atoms with E-state index in [1.165, 1.54) is 0 Å². The van der Waals surface area contributed by atoms with Gasteiger partial charge in [-0.1, -0.05) is 30.1 Å². The summed E-state index contributed by atoms with van der Waals surface area (Å²) in [5, 5.41) is 1.21. The van der Waals surface area contributed by atoms with Crippen molar-refractivity contribution in [1.82, 2.24) is 0 Å². The molecule has 0 aromatic heterocycles. The van der Waals surface area contributed by atoms with Crippen LogP contribution < -0.4 is 10.6 Å². The summed E-state index contributed by atoms with van der Waals surface area (Å²) in [6.45, 7) is 4.44. The van der Waals surface area contributed by atoms with E-state index >= 15 is 0 Å². The molecule has 0 amide bonds. The van der Waals surface area contributed by atoms with Gasteiger partial charge >= 0.3 is 0 Å². The number of nitrogens with two attached hydrogens (primary N) is 1. The molecule has 0 aliphatic carbocycles. The Balaban J connectivity index is 2.27. The summed E-state index contributed by atoms with van der Waals surface area (Å²) < 4.78 is 5.63. The summed E-state index contributed by atoms with van der Waals surface area (Å²) in [4.78, 5) is 2.17. The van der Waals surface area contributed by atoms with Crippen LogP contribution in [0, 0.1) is 0 Å². The molecule has 1 heterocycles. The predicted octanol–water partition coefficient (Wildman–Crippen LogP) is 3.19. The number of anilines is 2. The number of nitrogens with zero attached hydrogens (tertiary/aromatic N) is 1. The first kappa shape index (κ1) is 12.8. The molecule has 0 radical (unpaired) electrons. The molecule has 1 atom stereocenters. The van der Waals surface area contributed by atoms with Crippen molar-refractivity contribution in [1.29, 1.82) is 0 Å². The number of rotatable bonds is 2. The first-order chi connectivity index (χ1) is 8.11. The minimum atomic E-state index is 0.244. The number of hydrogen-bond donors (Lipinski definition) is 1. The van der Waals surface area contributed by atoms with Crippen LogP contribution in [0.3, 0.4) is 0 Å². The van der Waals surface area contributed by atoms with Crippen LogP contribution in [0.2, 0.25) is 10.0 Å². The molecule has 2 rings (SSSR count). The fourth-order valence-corrected chi connectivity index (χ4v) is 2.80. The molecule has 1 aromatic carbocycles. The Morgan fingerprint density at radius 3 is 2.65 bits per heavy atom. The quantitative estimate of drug-likeness (QED) is 0.842. The van der Waals surface area contributed by atoms with Crippen LogP contribution in [0.4, 0.5) is 11.4 Å². The van der Waals surface area contributed by atoms with Crippen LogP contribution in [0.5, 0.6) is 0 Å². The molecule has 1 unspecified atom stereocenters. The smallest absolute Gasteiger partial charge is 0.0748 e. The van der Waals surface area contributed by atoms with Gasteiger partial charge in [0.25, 0.3) is 0 Å². The van der Waals surface area contributed by atoms with Crippen molar-refractivity contribution in [2.24, 2.45) is 0 Å². The average Bonchev–Trinajstić information content (AvgIpc) is 2.28. The van der Waals surface area contributed by atoms with Gasteiger partial charge in [0, 0.05) is 18.8 Å². The normalized spacial score (nSPS) is 20.6. The van der Waals surface area contributed by atoms with E-state index < -0.39 is 0 Å². The fraction of sp³-hybridized carbons (Fsp3) is 0.500. The van der Waals surface area contributed by atoms with E-state index in [0.29, 0.717) is 22.3 Å². The maximum absolute atomic E-state index is 6.21. The Labute approximate surface area is 111 Å². The molecule has 0 saturated carbocycles. The summed E-state index contributed by atoms with van der Waals surface area (Å²) in [7, 11) is 0. The first-order valence-corrected chi connectivity index (χ1v) is 6.48. The van der Waals surface area contributed by atoms with Gasteiger partial charge in [-0.2, -0.15) is 0 Å². The highest BCUT2D eigenvalue weighted by Gasteiger charge is 2.22. The summed E-state index contributed by atoms with van der Waals surface area (Å²) >= 11 is 12.4. The SMILES string of the molecule is CCC1CN(c2c(Cl)cc(N)cc2Cl)CCO1. The monoisotopic (exact) mass is 274 g/mol. The standard InChI is InChI=1S/C12H16Cl2N2O/c1-2-9-7-16(3-4-17-9)12-10(13)5-8(15)6-11(12)14/h5-6,9H,2-4,7,15H2,1H3. The number of ether oxygens (including phenoxy) is 1. The van der Waals surface area contributed by atoms with Crippen LogP contribution >= 0.6 is 23.2 Å². The largest absolute Gasteiger partial charge is 0.399 e. The number of nitrogen functional groups attached to an aromatic ring is 1. The molecular weight excluding hydrogens is 259 g/mol. The van der Waals surface area contributed by atoms with Crippen LogP contribution in [-0.4, -0.2) is 25.8 Å². The Morgan fingerprint density at radius 2 is 2.06 bits per heavy atom. The van der Waals surface area contributed by atoms with E-state index in [2.05, 4.69) is 11.8 Å². The van der Waals surface area contributed by atoms with Gasteiger partial charge in [-0.15, -0.1) is 0 Å². The molecule has 1 saturated heterocycles. The third kappa shape index (κ3) is 2.79. The van der Waals surface area contributed by atoms with E-state index in [9.17, 15) is 0 Å². The van der Waals surface area contributed by atoms with Gasteiger partial charge in [-0.25, -0.2) is 0 Å². The molecule has 2 N–H and O–H groups in total. The Bertz CT molecular complexity index is 388. The molecular formula is C12H16Cl2N2O. The minimum Gasteiger partial charge on any atom is -0.399 e. The lowest BCUT2D eigenvalue weighted by atomic mass is 10.2. The molecule has 1 aliphatic rings. The summed E-state index contributed by atoms with van der Waals surface area (Å²) in [5.41, 5.74) is 7.15. The van der Waals surface area contributed by atoms with Crippen molar-refractivity contribution in [3.05, 3.63) is 22.2 Å². The average molecular weight is 275 g/mol. The van der Waals surface area contributed by atoms with Crippen molar-refractivity contribution in [2.75, 3.05) is 30.3 Å². The van der Waals surface area contributed by atoms with Crippen molar-refractivity contribution < 1.29 is 4.74 Å². The van der Waals surface area contributed by atoms with Crippen molar-refractivity contribution in [2.45, 2.75) is 19.4 Å². The van der Waals surface area contributed by atoms with Gasteiger partial charge in [-0.3, -0.25) is 0 Å². The third-order valence-corrected chi connectivity index (χ3v) is 3.53. The molecule has 5 heteroatoms. The van der Waals surface area contributed by atoms with Crippen LogP contribution in [0.15, 0.2) is 12.1 Å². The maximum Gasteiger partial charge on any atom is 0.0748 e. The zero-order valence-electron chi connectivity index (χ0n) is 9.75. The molecule has 94 valence electrons. The minimum absolute atomic E-state index is 0.244. The molecule has 17 heavy (non-hydrogen) atoms. The zero-order valence-corrected chi connectivity index (χ0v) is 11.3. The second-order valence-corrected chi connectivity index (χ2v) is 4.99. The van der Waals surface area contributed by atoms with E-state index in [0.717, 1.165) is 25.2 Å². The molecule has 3 nitrogen and oxygen atoms in total. The Kier molecular flexibility index (Phi) is 4.02. The lowest BCUT2D eigenvalue weighted by Crippen LogP contribution is -2.42. The number of morpholine rings is 1. The summed E-state index contributed by atoms with van der Waals surface area (Å²) in [5.74, 6) is 0. The van der Waals surface area contributed by atoms with E-state index in [1.807, 2.05) is 0 Å². The van der Waals surface area contributed by atoms with Crippen molar-refractivity contribution in [3.8, 4) is 0 Å². The lowest BCUT2D eigenvalue weighted by Gasteiger charge is -2.35. The van der Waals surface area contributed by atoms with Gasteiger partial charge in [-0.05, 0) is 18.6 Å². The van der Waals surface area contributed by atoms with Gasteiger partial charge in [0.05, 0.1) is 28.4 Å². The van der Waals surface area contributed by atoms with Crippen LogP contribution in [0.1, 0.15) is 13.3 Å². The van der Waals surface area contributed by atoms with Crippen molar-refractivity contribution >= 4 is 34.6 Å². The molecule has 1 aromatic rings. The van der Waals surface area contributed by atoms with Gasteiger partial charge < -0.3 is 15.4 Å². The number of halogens is 2. The van der Waals surface area contributed by atoms with E-state index in [4.69, 9.17) is 33.7 Å². The molecule has 0 spiro atoms. The maximum atomic E-state index is 6.21. The van der Waals surface area contributed by atoms with Gasteiger partial charge in [0.1, 0.15) is 0 Å². The second-order valence-electron chi connectivity index (χ2n) is 4.18. The Hall–Kier alpha value is -0.640. The molecule has 0 bridgehead atoms. The zero-order chi connectivity index (χ0) is 12.4. The van der Waals surface area contributed by atoms with Crippen LogP contribution in [0.25, 0.3) is 0 Å². The van der Waals surface area contributed by atoms with Crippen LogP contribution in [-0.2, 0) is 4.74 Å². The highest BCUT2D eigenvalue weighted by Crippen LogP contribution is 2.36. The van der Waals surface area contributed by atoms with E-state index in [-0.39, 0.29) is 6.10 Å². The number of benzene rings is 1. The van der Waals surface area contributed by atoms with E-state index in [1.54, 1.807) is 12.1 Å². The predicted molar refractivity (Wildman–Crippen MR) is 73.1 cm³/mol. The summed E-state index contributed by atoms with van der Waals surface area (Å²) in [6, 6.07) is 3.47. The first-order valence-electron chi connectivity index (χ1n) is 5.73. The molecule has 1 aliphatic heterocycles. The second kappa shape index (κ2) is 5.34. The highest BCUT2D eigenvalue weighted by molar-refractivity contribution is 6.39. The third-order valence-electron chi connectivity index (χ3n) is 2.95. The summed E-state index contributed by atoms with van der Waals surface area (Å²) in [6.07, 6.45) is 1.23. The highest BCUT2D eigenvalue weighted by atomic mass is 35.5.